The first-order chi connectivity index (χ1) is 14.4. The highest BCUT2D eigenvalue weighted by Gasteiger charge is 2.50. The second kappa shape index (κ2) is 9.50. The smallest absolute Gasteiger partial charge is 0.400 e. The zero-order valence-corrected chi connectivity index (χ0v) is 18.0. The molecule has 1 saturated heterocycles. The van der Waals surface area contributed by atoms with Gasteiger partial charge in [0.05, 0.1) is 10.6 Å². The lowest BCUT2D eigenvalue weighted by atomic mass is 9.88. The number of carbonyl (C=O) groups excluding carboxylic acids is 2. The lowest BCUT2D eigenvalue weighted by Crippen LogP contribution is -2.37. The van der Waals surface area contributed by atoms with Crippen LogP contribution in [-0.2, 0) is 10.2 Å². The van der Waals surface area contributed by atoms with Gasteiger partial charge >= 0.3 is 17.8 Å². The van der Waals surface area contributed by atoms with Gasteiger partial charge in [-0.15, -0.1) is 0 Å². The Bertz CT molecular complexity index is 995. The monoisotopic (exact) mass is 460 g/mol. The van der Waals surface area contributed by atoms with E-state index in [2.05, 4.69) is 16.0 Å². The predicted octanol–water partition coefficient (Wildman–Crippen LogP) is 3.64. The number of carbonyl (C=O) groups is 2. The predicted molar refractivity (Wildman–Crippen MR) is 110 cm³/mol. The highest BCUT2D eigenvalue weighted by atomic mass is 32.1. The molecule has 3 heterocycles. The average molecular weight is 460 g/mol. The minimum atomic E-state index is -4.58. The topological polar surface area (TPSA) is 119 Å². The molecule has 1 fully saturated rings. The van der Waals surface area contributed by atoms with Crippen molar-refractivity contribution < 1.29 is 27.2 Å². The summed E-state index contributed by atoms with van der Waals surface area (Å²) in [5.41, 5.74) is 1.75. The van der Waals surface area contributed by atoms with Gasteiger partial charge < -0.3 is 15.1 Å². The van der Waals surface area contributed by atoms with Gasteiger partial charge in [-0.3, -0.25) is 10.1 Å². The van der Waals surface area contributed by atoms with E-state index < -0.39 is 23.0 Å². The first-order valence-corrected chi connectivity index (χ1v) is 10.1. The van der Waals surface area contributed by atoms with Crippen LogP contribution in [0.4, 0.5) is 23.1 Å². The quantitative estimate of drug-likeness (QED) is 0.678. The Balaban J connectivity index is 0.00000107. The summed E-state index contributed by atoms with van der Waals surface area (Å²) >= 11 is 1.10. The van der Waals surface area contributed by atoms with Crippen molar-refractivity contribution in [2.24, 2.45) is 5.73 Å². The van der Waals surface area contributed by atoms with Gasteiger partial charge in [-0.25, -0.2) is 14.6 Å². The van der Waals surface area contributed by atoms with E-state index in [-0.39, 0.29) is 18.0 Å². The summed E-state index contributed by atoms with van der Waals surface area (Å²) in [6, 6.07) is 2.08. The van der Waals surface area contributed by atoms with E-state index in [1.54, 1.807) is 11.8 Å². The number of alkyl halides is 3. The molecule has 8 nitrogen and oxygen atoms in total. The molecule has 0 atom stereocenters. The fourth-order valence-electron chi connectivity index (χ4n) is 2.86. The molecular weight excluding hydrogens is 437 g/mol. The minimum Gasteiger partial charge on any atom is -0.427 e. The molecule has 3 amide bonds. The average Bonchev–Trinajstić information content (AvgIpc) is 3.31. The van der Waals surface area contributed by atoms with E-state index in [4.69, 9.17) is 9.21 Å². The molecule has 12 heteroatoms. The van der Waals surface area contributed by atoms with Crippen molar-refractivity contribution in [3.63, 3.8) is 0 Å². The highest BCUT2D eigenvalue weighted by molar-refractivity contribution is 7.19. The van der Waals surface area contributed by atoms with Gasteiger partial charge in [0.25, 0.3) is 0 Å². The third-order valence-corrected chi connectivity index (χ3v) is 5.88. The van der Waals surface area contributed by atoms with Gasteiger partial charge in [-0.1, -0.05) is 11.3 Å². The molecule has 3 N–H and O–H groups in total. The number of likely N-dealkylation sites (tertiary alicyclic amines) is 1. The normalized spacial score (nSPS) is 14.1. The second-order valence-electron chi connectivity index (χ2n) is 7.35. The van der Waals surface area contributed by atoms with Crippen molar-refractivity contribution >= 4 is 28.9 Å². The maximum absolute atomic E-state index is 13.3. The molecule has 2 aromatic heterocycles. The molecule has 0 aliphatic carbocycles. The molecule has 3 rings (SSSR count). The molecule has 0 saturated carbocycles. The number of hydrogen-bond acceptors (Lipinski definition) is 6. The zero-order chi connectivity index (χ0) is 23.4. The summed E-state index contributed by atoms with van der Waals surface area (Å²) in [5, 5.41) is 3.04. The molecule has 0 unspecified atom stereocenters. The summed E-state index contributed by atoms with van der Waals surface area (Å²) in [6.45, 7) is 4.93. The standard InChI is InChI=1S/C18H20F3N3O3S.CH3NO/c1-10-14(28-15(22-10)23-16(26)24-6-4-5-7-24)11-8-12(27-13(25)9-11)17(2,3)18(19,20)21;2-1-3/h8-9H,4-7H2,1-3H3,(H,22,23,26);1H,(H2,2,3). The number of thiazole rings is 1. The number of aromatic nitrogens is 1. The van der Waals surface area contributed by atoms with Crippen LogP contribution >= 0.6 is 11.3 Å². The molecule has 31 heavy (non-hydrogen) atoms. The lowest BCUT2D eigenvalue weighted by molar-refractivity contribution is -0.185. The molecule has 2 aromatic rings. The number of nitrogens with two attached hydrogens (primary N) is 1. The lowest BCUT2D eigenvalue weighted by Gasteiger charge is -2.26. The molecule has 0 spiro atoms. The number of halogens is 3. The van der Waals surface area contributed by atoms with Crippen molar-refractivity contribution in [3.8, 4) is 10.4 Å². The van der Waals surface area contributed by atoms with Crippen LogP contribution in [0.25, 0.3) is 10.4 Å². The molecule has 0 radical (unpaired) electrons. The summed E-state index contributed by atoms with van der Waals surface area (Å²) in [6.07, 6.45) is -2.43. The first kappa shape index (κ1) is 24.4. The second-order valence-corrected chi connectivity index (χ2v) is 8.35. The number of aryl methyl sites for hydroxylation is 1. The SMILES string of the molecule is Cc1nc(NC(=O)N2CCCC2)sc1-c1cc(C(C)(C)C(F)(F)F)oc(=O)c1.NC=O. The largest absolute Gasteiger partial charge is 0.427 e. The molecular formula is C19H23F3N4O4S. The van der Waals surface area contributed by atoms with Crippen LogP contribution in [0, 0.1) is 6.92 Å². The summed E-state index contributed by atoms with van der Waals surface area (Å²) in [7, 11) is 0. The van der Waals surface area contributed by atoms with Gasteiger partial charge in [0.15, 0.2) is 5.13 Å². The Morgan fingerprint density at radius 1 is 1.29 bits per heavy atom. The Morgan fingerprint density at radius 2 is 1.87 bits per heavy atom. The number of amides is 3. The van der Waals surface area contributed by atoms with Crippen molar-refractivity contribution in [3.05, 3.63) is 34.0 Å². The Labute approximate surface area is 180 Å². The molecule has 0 aromatic carbocycles. The van der Waals surface area contributed by atoms with Gasteiger partial charge in [-0.05, 0) is 39.7 Å². The molecule has 1 aliphatic rings. The highest BCUT2D eigenvalue weighted by Crippen LogP contribution is 2.41. The van der Waals surface area contributed by atoms with E-state index in [0.717, 1.165) is 44.1 Å². The van der Waals surface area contributed by atoms with Gasteiger partial charge in [0, 0.05) is 24.7 Å². The molecule has 0 bridgehead atoms. The van der Waals surface area contributed by atoms with Crippen LogP contribution in [0.15, 0.2) is 21.3 Å². The fraction of sp³-hybridized carbons (Fsp3) is 0.474. The van der Waals surface area contributed by atoms with Gasteiger partial charge in [-0.2, -0.15) is 13.2 Å². The van der Waals surface area contributed by atoms with Gasteiger partial charge in [0.2, 0.25) is 6.41 Å². The molecule has 170 valence electrons. The Kier molecular flexibility index (Phi) is 7.47. The number of rotatable bonds is 3. The van der Waals surface area contributed by atoms with Crippen LogP contribution in [0.2, 0.25) is 0 Å². The fourth-order valence-corrected chi connectivity index (χ4v) is 3.81. The van der Waals surface area contributed by atoms with Crippen molar-refractivity contribution in [1.29, 1.82) is 0 Å². The van der Waals surface area contributed by atoms with Crippen LogP contribution in [0.3, 0.4) is 0 Å². The van der Waals surface area contributed by atoms with Crippen LogP contribution < -0.4 is 16.7 Å². The van der Waals surface area contributed by atoms with Crippen molar-refractivity contribution in [1.82, 2.24) is 9.88 Å². The molecule has 1 aliphatic heterocycles. The van der Waals surface area contributed by atoms with Crippen LogP contribution in [0.5, 0.6) is 0 Å². The van der Waals surface area contributed by atoms with E-state index in [9.17, 15) is 22.8 Å². The number of primary amides is 1. The van der Waals surface area contributed by atoms with Gasteiger partial charge in [0.1, 0.15) is 11.2 Å². The summed E-state index contributed by atoms with van der Waals surface area (Å²) < 4.78 is 44.8. The van der Waals surface area contributed by atoms with Crippen molar-refractivity contribution in [2.45, 2.75) is 45.2 Å². The Hall–Kier alpha value is -2.89. The van der Waals surface area contributed by atoms with E-state index >= 15 is 0 Å². The number of urea groups is 1. The van der Waals surface area contributed by atoms with Crippen LogP contribution in [-0.4, -0.2) is 41.6 Å². The summed E-state index contributed by atoms with van der Waals surface area (Å²) in [5.74, 6) is -0.474. The maximum atomic E-state index is 13.3. The summed E-state index contributed by atoms with van der Waals surface area (Å²) in [4.78, 5) is 39.2. The van der Waals surface area contributed by atoms with E-state index in [0.29, 0.717) is 28.8 Å². The van der Waals surface area contributed by atoms with E-state index in [1.165, 1.54) is 6.07 Å². The third kappa shape index (κ3) is 5.63. The van der Waals surface area contributed by atoms with Crippen LogP contribution in [0.1, 0.15) is 38.1 Å². The number of nitrogens with zero attached hydrogens (tertiary/aromatic N) is 2. The van der Waals surface area contributed by atoms with E-state index in [1.807, 2.05) is 0 Å². The third-order valence-electron chi connectivity index (χ3n) is 4.76. The number of anilines is 1. The number of hydrogen-bond donors (Lipinski definition) is 2. The Morgan fingerprint density at radius 3 is 2.42 bits per heavy atom. The zero-order valence-electron chi connectivity index (χ0n) is 17.2. The number of nitrogens with one attached hydrogen (secondary N) is 1. The maximum Gasteiger partial charge on any atom is 0.400 e. The minimum absolute atomic E-state index is 0.250. The van der Waals surface area contributed by atoms with Crippen molar-refractivity contribution in [2.75, 3.05) is 18.4 Å². The first-order valence-electron chi connectivity index (χ1n) is 9.32.